The zero-order valence-corrected chi connectivity index (χ0v) is 26.3. The van der Waals surface area contributed by atoms with Crippen LogP contribution in [0.15, 0.2) is 49.6 Å². The summed E-state index contributed by atoms with van der Waals surface area (Å²) in [5, 5.41) is 0. The van der Waals surface area contributed by atoms with Crippen LogP contribution < -0.4 is 0 Å². The molecule has 0 aliphatic carbocycles. The van der Waals surface area contributed by atoms with Crippen LogP contribution in [0.3, 0.4) is 0 Å². The van der Waals surface area contributed by atoms with E-state index in [1.165, 1.54) is 0 Å². The van der Waals surface area contributed by atoms with Crippen molar-refractivity contribution in [2.24, 2.45) is 0 Å². The summed E-state index contributed by atoms with van der Waals surface area (Å²) in [5.74, 6) is -1.65. The van der Waals surface area contributed by atoms with E-state index in [1.54, 1.807) is 13.8 Å². The van der Waals surface area contributed by atoms with E-state index in [4.69, 9.17) is 56.8 Å². The van der Waals surface area contributed by atoms with E-state index < -0.39 is 17.9 Å². The molecule has 0 aromatic carbocycles. The van der Waals surface area contributed by atoms with Crippen LogP contribution in [-0.2, 0) is 76.0 Å². The number of ether oxygens (including phenoxy) is 12. The van der Waals surface area contributed by atoms with Crippen LogP contribution in [0, 0.1) is 0 Å². The predicted octanol–water partition coefficient (Wildman–Crippen LogP) is 1.13. The minimum atomic E-state index is -0.441. The highest BCUT2D eigenvalue weighted by molar-refractivity contribution is 5.87. The first kappa shape index (κ1) is 40.5. The van der Waals surface area contributed by atoms with Crippen LogP contribution in [0.2, 0.25) is 0 Å². The van der Waals surface area contributed by atoms with Crippen LogP contribution in [0.25, 0.3) is 0 Å². The Morgan fingerprint density at radius 2 is 1.00 bits per heavy atom. The Hall–Kier alpha value is -3.48. The Balaban J connectivity index is 0.000000307. The summed E-state index contributed by atoms with van der Waals surface area (Å²) in [7, 11) is 0. The van der Waals surface area contributed by atoms with Gasteiger partial charge in [-0.1, -0.05) is 26.3 Å². The first-order valence-electron chi connectivity index (χ1n) is 14.1. The van der Waals surface area contributed by atoms with Crippen molar-refractivity contribution in [2.45, 2.75) is 38.3 Å². The molecule has 0 N–H and O–H groups in total. The summed E-state index contributed by atoms with van der Waals surface area (Å²) in [5.41, 5.74) is 0.787. The van der Waals surface area contributed by atoms with Gasteiger partial charge in [-0.25, -0.2) is 19.2 Å². The lowest BCUT2D eigenvalue weighted by Crippen LogP contribution is -2.33. The Morgan fingerprint density at radius 3 is 1.39 bits per heavy atom. The lowest BCUT2D eigenvalue weighted by Gasteiger charge is -2.22. The van der Waals surface area contributed by atoms with Crippen LogP contribution in [0.1, 0.15) is 13.8 Å². The van der Waals surface area contributed by atoms with Crippen LogP contribution >= 0.6 is 0 Å². The topological polar surface area (TPSA) is 179 Å². The minimum absolute atomic E-state index is 0.112. The molecule has 4 heterocycles. The molecule has 2 unspecified atom stereocenters. The highest BCUT2D eigenvalue weighted by Crippen LogP contribution is 2.06. The SMILES string of the molecule is C=C(C)C(=O)OC1COCOC1.C=C(C)C(=O)OCC1COCO1.C=CC(=O)OC1COCOC1.C=CC(=O)OCC1COCO1. The van der Waals surface area contributed by atoms with Crippen molar-refractivity contribution in [1.82, 2.24) is 0 Å². The van der Waals surface area contributed by atoms with Gasteiger partial charge in [0.25, 0.3) is 0 Å². The van der Waals surface area contributed by atoms with Crippen LogP contribution in [-0.4, -0.2) is 128 Å². The molecule has 46 heavy (non-hydrogen) atoms. The van der Waals surface area contributed by atoms with Gasteiger partial charge in [0.1, 0.15) is 64.8 Å². The molecule has 4 aliphatic heterocycles. The maximum atomic E-state index is 11.0. The van der Waals surface area contributed by atoms with Gasteiger partial charge in [0.05, 0.1) is 39.6 Å². The normalized spacial score (nSPS) is 20.8. The number of carbonyl (C=O) groups excluding carboxylic acids is 4. The number of esters is 4. The molecule has 0 saturated carbocycles. The first-order chi connectivity index (χ1) is 22.0. The molecule has 4 fully saturated rings. The maximum Gasteiger partial charge on any atom is 0.333 e. The minimum Gasteiger partial charge on any atom is -0.460 e. The average Bonchev–Trinajstić information content (AvgIpc) is 3.79. The summed E-state index contributed by atoms with van der Waals surface area (Å²) < 4.78 is 58.9. The van der Waals surface area contributed by atoms with Gasteiger partial charge in [-0.3, -0.25) is 0 Å². The zero-order valence-electron chi connectivity index (χ0n) is 26.3. The molecule has 16 nitrogen and oxygen atoms in total. The molecule has 16 heteroatoms. The molecule has 0 amide bonds. The van der Waals surface area contributed by atoms with E-state index in [9.17, 15) is 19.2 Å². The average molecular weight is 661 g/mol. The van der Waals surface area contributed by atoms with Crippen molar-refractivity contribution in [3.63, 3.8) is 0 Å². The Morgan fingerprint density at radius 1 is 0.587 bits per heavy atom. The molecular formula is C30H44O16. The summed E-state index contributed by atoms with van der Waals surface area (Å²) in [6.45, 7) is 20.9. The van der Waals surface area contributed by atoms with Gasteiger partial charge < -0.3 is 56.8 Å². The van der Waals surface area contributed by atoms with Crippen LogP contribution in [0.4, 0.5) is 0 Å². The summed E-state index contributed by atoms with van der Waals surface area (Å²) >= 11 is 0. The van der Waals surface area contributed by atoms with E-state index in [0.29, 0.717) is 50.8 Å². The van der Waals surface area contributed by atoms with Gasteiger partial charge in [0.2, 0.25) is 0 Å². The summed E-state index contributed by atoms with van der Waals surface area (Å²) in [4.78, 5) is 43.0. The molecule has 4 saturated heterocycles. The van der Waals surface area contributed by atoms with E-state index >= 15 is 0 Å². The maximum absolute atomic E-state index is 11.0. The van der Waals surface area contributed by atoms with Crippen molar-refractivity contribution in [2.75, 3.05) is 80.0 Å². The van der Waals surface area contributed by atoms with Gasteiger partial charge >= 0.3 is 23.9 Å². The second kappa shape index (κ2) is 24.7. The van der Waals surface area contributed by atoms with Gasteiger partial charge in [-0.05, 0) is 13.8 Å². The van der Waals surface area contributed by atoms with E-state index in [2.05, 4.69) is 26.3 Å². The lowest BCUT2D eigenvalue weighted by molar-refractivity contribution is -0.179. The first-order valence-corrected chi connectivity index (χ1v) is 14.1. The smallest absolute Gasteiger partial charge is 0.333 e. The predicted molar refractivity (Wildman–Crippen MR) is 157 cm³/mol. The second-order valence-electron chi connectivity index (χ2n) is 9.56. The molecule has 0 spiro atoms. The third kappa shape index (κ3) is 19.8. The third-order valence-electron chi connectivity index (χ3n) is 5.33. The molecule has 0 bridgehead atoms. The quantitative estimate of drug-likeness (QED) is 0.185. The third-order valence-corrected chi connectivity index (χ3v) is 5.33. The molecule has 0 aromatic rings. The molecule has 0 radical (unpaired) electrons. The van der Waals surface area contributed by atoms with Crippen molar-refractivity contribution < 1.29 is 76.0 Å². The van der Waals surface area contributed by atoms with Crippen molar-refractivity contribution in [3.8, 4) is 0 Å². The van der Waals surface area contributed by atoms with Crippen molar-refractivity contribution in [1.29, 1.82) is 0 Å². The van der Waals surface area contributed by atoms with Gasteiger partial charge in [-0.2, -0.15) is 0 Å². The Kier molecular flexibility index (Phi) is 21.8. The van der Waals surface area contributed by atoms with Crippen LogP contribution in [0.5, 0.6) is 0 Å². The number of hydrogen-bond donors (Lipinski definition) is 0. The summed E-state index contributed by atoms with van der Waals surface area (Å²) in [6, 6.07) is 0. The fraction of sp³-hybridized carbons (Fsp3) is 0.600. The van der Waals surface area contributed by atoms with Gasteiger partial charge in [-0.15, -0.1) is 0 Å². The largest absolute Gasteiger partial charge is 0.460 e. The van der Waals surface area contributed by atoms with Gasteiger partial charge in [0.15, 0.2) is 0 Å². The van der Waals surface area contributed by atoms with Crippen molar-refractivity contribution in [3.05, 3.63) is 49.6 Å². The van der Waals surface area contributed by atoms with Gasteiger partial charge in [0, 0.05) is 23.3 Å². The van der Waals surface area contributed by atoms with Crippen molar-refractivity contribution >= 4 is 23.9 Å². The Labute approximate surface area is 268 Å². The lowest BCUT2D eigenvalue weighted by atomic mass is 10.3. The zero-order chi connectivity index (χ0) is 34.2. The molecule has 260 valence electrons. The molecule has 4 aliphatic rings. The number of carbonyl (C=O) groups is 4. The standard InChI is InChI=1S/2C8H12O4.2C7H10O4/c1-6(2)8(9)11-4-7-3-10-5-12-7;1-6(2)8(9)12-7-3-10-5-11-4-7;1-2-7(8)10-4-6-3-9-5-11-6;1-2-7(8)11-6-3-9-5-10-4-6/h2*7H,1,3-5H2,2H3;2*2,6H,1,3-5H2. The van der Waals surface area contributed by atoms with E-state index in [0.717, 1.165) is 12.2 Å². The highest BCUT2D eigenvalue weighted by atomic mass is 16.7. The molecule has 0 aromatic heterocycles. The molecule has 4 rings (SSSR count). The molecular weight excluding hydrogens is 616 g/mol. The highest BCUT2D eigenvalue weighted by Gasteiger charge is 2.20. The molecule has 2 atom stereocenters. The fourth-order valence-electron chi connectivity index (χ4n) is 3.00. The Bertz CT molecular complexity index is 971. The monoisotopic (exact) mass is 660 g/mol. The fourth-order valence-corrected chi connectivity index (χ4v) is 3.00. The van der Waals surface area contributed by atoms with E-state index in [1.807, 2.05) is 0 Å². The number of hydrogen-bond acceptors (Lipinski definition) is 16. The second-order valence-corrected chi connectivity index (χ2v) is 9.56. The summed E-state index contributed by atoms with van der Waals surface area (Å²) in [6.07, 6.45) is 1.44. The van der Waals surface area contributed by atoms with E-state index in [-0.39, 0.29) is 70.8 Å². The number of rotatable bonds is 10.